The standard InChI is InChI=1S/C21H21N5O6/c1-13-4-6-18(7-5-13)32-19-10-16(9-17(11-19)25(28)29)22-21(27)14(2)12-24-15(3)8-20(23-24)26(30)31/h4-11,14H,12H2,1-3H3,(H,22,27). The second-order valence-electron chi connectivity index (χ2n) is 7.36. The van der Waals surface area contributed by atoms with E-state index in [0.29, 0.717) is 11.4 Å². The van der Waals surface area contributed by atoms with Crippen molar-refractivity contribution in [3.63, 3.8) is 0 Å². The van der Waals surface area contributed by atoms with Crippen LogP contribution in [-0.2, 0) is 11.3 Å². The van der Waals surface area contributed by atoms with E-state index in [1.807, 2.05) is 19.1 Å². The molecule has 1 unspecified atom stereocenters. The number of nitro benzene ring substituents is 1. The minimum absolute atomic E-state index is 0.104. The zero-order valence-electron chi connectivity index (χ0n) is 17.6. The summed E-state index contributed by atoms with van der Waals surface area (Å²) in [5.41, 5.74) is 1.54. The fourth-order valence-electron chi connectivity index (χ4n) is 2.94. The molecule has 1 N–H and O–H groups in total. The number of non-ortho nitro benzene ring substituents is 1. The second-order valence-corrected chi connectivity index (χ2v) is 7.36. The number of hydrogen-bond acceptors (Lipinski definition) is 7. The Morgan fingerprint density at radius 3 is 2.34 bits per heavy atom. The molecule has 0 saturated heterocycles. The average molecular weight is 439 g/mol. The van der Waals surface area contributed by atoms with E-state index in [1.54, 1.807) is 26.0 Å². The summed E-state index contributed by atoms with van der Waals surface area (Å²) in [7, 11) is 0. The van der Waals surface area contributed by atoms with Crippen molar-refractivity contribution in [1.29, 1.82) is 0 Å². The lowest BCUT2D eigenvalue weighted by Gasteiger charge is -2.13. The van der Waals surface area contributed by atoms with Crippen LogP contribution in [0.15, 0.2) is 48.5 Å². The van der Waals surface area contributed by atoms with E-state index >= 15 is 0 Å². The lowest BCUT2D eigenvalue weighted by Crippen LogP contribution is -2.25. The molecule has 2 aromatic carbocycles. The number of benzene rings is 2. The molecule has 11 heteroatoms. The van der Waals surface area contributed by atoms with Crippen LogP contribution in [0.2, 0.25) is 0 Å². The van der Waals surface area contributed by atoms with Gasteiger partial charge in [-0.2, -0.15) is 4.68 Å². The number of nitrogens with one attached hydrogen (secondary N) is 1. The monoisotopic (exact) mass is 439 g/mol. The minimum Gasteiger partial charge on any atom is -0.457 e. The molecule has 11 nitrogen and oxygen atoms in total. The number of aromatic nitrogens is 2. The molecule has 0 saturated carbocycles. The summed E-state index contributed by atoms with van der Waals surface area (Å²) in [5, 5.41) is 28.7. The topological polar surface area (TPSA) is 142 Å². The number of rotatable bonds is 8. The van der Waals surface area contributed by atoms with Gasteiger partial charge in [0.25, 0.3) is 5.69 Å². The first-order chi connectivity index (χ1) is 15.1. The Morgan fingerprint density at radius 1 is 1.06 bits per heavy atom. The van der Waals surface area contributed by atoms with Crippen molar-refractivity contribution in [1.82, 2.24) is 9.78 Å². The van der Waals surface area contributed by atoms with Gasteiger partial charge in [0.2, 0.25) is 5.91 Å². The summed E-state index contributed by atoms with van der Waals surface area (Å²) in [6, 6.07) is 12.5. The molecule has 1 aromatic heterocycles. The summed E-state index contributed by atoms with van der Waals surface area (Å²) in [6.07, 6.45) is 0. The first-order valence-corrected chi connectivity index (χ1v) is 9.66. The second kappa shape index (κ2) is 9.25. The first kappa shape index (κ1) is 22.4. The third kappa shape index (κ3) is 5.45. The van der Waals surface area contributed by atoms with E-state index in [2.05, 4.69) is 10.4 Å². The van der Waals surface area contributed by atoms with Crippen LogP contribution >= 0.6 is 0 Å². The van der Waals surface area contributed by atoms with Crippen molar-refractivity contribution in [3.05, 3.63) is 80.0 Å². The first-order valence-electron chi connectivity index (χ1n) is 9.66. The Bertz CT molecular complexity index is 1170. The van der Waals surface area contributed by atoms with Gasteiger partial charge in [0.1, 0.15) is 11.5 Å². The number of anilines is 1. The maximum absolute atomic E-state index is 12.7. The van der Waals surface area contributed by atoms with Gasteiger partial charge in [-0.3, -0.25) is 14.9 Å². The quantitative estimate of drug-likeness (QED) is 0.405. The van der Waals surface area contributed by atoms with E-state index in [-0.39, 0.29) is 29.5 Å². The predicted molar refractivity (Wildman–Crippen MR) is 116 cm³/mol. The highest BCUT2D eigenvalue weighted by Gasteiger charge is 2.22. The van der Waals surface area contributed by atoms with Crippen LogP contribution in [0.5, 0.6) is 11.5 Å². The maximum atomic E-state index is 12.7. The molecule has 0 aliphatic carbocycles. The summed E-state index contributed by atoms with van der Waals surface area (Å²) in [6.45, 7) is 5.31. The van der Waals surface area contributed by atoms with Crippen molar-refractivity contribution in [2.24, 2.45) is 5.92 Å². The number of nitro groups is 2. The highest BCUT2D eigenvalue weighted by atomic mass is 16.6. The molecule has 0 radical (unpaired) electrons. The van der Waals surface area contributed by atoms with Gasteiger partial charge in [-0.25, -0.2) is 0 Å². The average Bonchev–Trinajstić information content (AvgIpc) is 3.10. The molecule has 3 rings (SSSR count). The molecule has 1 amide bonds. The largest absolute Gasteiger partial charge is 0.457 e. The Hall–Kier alpha value is -4.28. The Morgan fingerprint density at radius 2 is 1.75 bits per heavy atom. The third-order valence-electron chi connectivity index (χ3n) is 4.68. The van der Waals surface area contributed by atoms with Gasteiger partial charge in [-0.05, 0) is 30.9 Å². The van der Waals surface area contributed by atoms with Crippen LogP contribution < -0.4 is 10.1 Å². The predicted octanol–water partition coefficient (Wildman–Crippen LogP) is 4.38. The molecule has 1 heterocycles. The van der Waals surface area contributed by atoms with Crippen molar-refractivity contribution in [3.8, 4) is 11.5 Å². The number of amides is 1. The third-order valence-corrected chi connectivity index (χ3v) is 4.68. The van der Waals surface area contributed by atoms with E-state index in [1.165, 1.54) is 28.9 Å². The van der Waals surface area contributed by atoms with Crippen LogP contribution in [-0.4, -0.2) is 25.5 Å². The molecule has 0 aliphatic heterocycles. The summed E-state index contributed by atoms with van der Waals surface area (Å²) in [4.78, 5) is 33.7. The summed E-state index contributed by atoms with van der Waals surface area (Å²) < 4.78 is 7.09. The Labute approximate surface area is 182 Å². The molecule has 3 aromatic rings. The number of carbonyl (C=O) groups is 1. The zero-order chi connectivity index (χ0) is 23.4. The lowest BCUT2D eigenvalue weighted by atomic mass is 10.1. The van der Waals surface area contributed by atoms with Crippen molar-refractivity contribution in [2.45, 2.75) is 27.3 Å². The van der Waals surface area contributed by atoms with Gasteiger partial charge in [0.15, 0.2) is 0 Å². The Balaban J connectivity index is 1.76. The molecule has 0 spiro atoms. The maximum Gasteiger partial charge on any atom is 0.390 e. The van der Waals surface area contributed by atoms with Gasteiger partial charge in [-0.15, -0.1) is 0 Å². The van der Waals surface area contributed by atoms with E-state index in [4.69, 9.17) is 4.74 Å². The smallest absolute Gasteiger partial charge is 0.390 e. The molecule has 166 valence electrons. The fourth-order valence-corrected chi connectivity index (χ4v) is 2.94. The number of aryl methyl sites for hydroxylation is 2. The molecule has 1 atom stereocenters. The molecule has 0 aliphatic rings. The van der Waals surface area contributed by atoms with E-state index < -0.39 is 21.7 Å². The van der Waals surface area contributed by atoms with Gasteiger partial charge in [0.05, 0.1) is 46.0 Å². The Kier molecular flexibility index (Phi) is 6.47. The highest BCUT2D eigenvalue weighted by molar-refractivity contribution is 5.92. The lowest BCUT2D eigenvalue weighted by molar-refractivity contribution is -0.389. The molecule has 32 heavy (non-hydrogen) atoms. The van der Waals surface area contributed by atoms with Crippen molar-refractivity contribution in [2.75, 3.05) is 5.32 Å². The SMILES string of the molecule is Cc1ccc(Oc2cc(NC(=O)C(C)Cn3nc([N+](=O)[O-])cc3C)cc([N+](=O)[O-])c2)cc1. The fraction of sp³-hybridized carbons (Fsp3) is 0.238. The van der Waals surface area contributed by atoms with E-state index in [9.17, 15) is 25.0 Å². The van der Waals surface area contributed by atoms with Crippen LogP contribution in [0.1, 0.15) is 18.2 Å². The van der Waals surface area contributed by atoms with Gasteiger partial charge < -0.3 is 20.2 Å². The number of hydrogen-bond donors (Lipinski definition) is 1. The van der Waals surface area contributed by atoms with Crippen molar-refractivity contribution < 1.29 is 19.4 Å². The normalized spacial score (nSPS) is 11.6. The minimum atomic E-state index is -0.617. The number of carbonyl (C=O) groups excluding carboxylic acids is 1. The van der Waals surface area contributed by atoms with Crippen molar-refractivity contribution >= 4 is 23.1 Å². The van der Waals surface area contributed by atoms with Crippen LogP contribution in [0.4, 0.5) is 17.2 Å². The van der Waals surface area contributed by atoms with Gasteiger partial charge in [-0.1, -0.05) is 24.6 Å². The van der Waals surface area contributed by atoms with Gasteiger partial charge in [0, 0.05) is 12.1 Å². The molecule has 0 fully saturated rings. The van der Waals surface area contributed by atoms with E-state index in [0.717, 1.165) is 5.56 Å². The molecular formula is C21H21N5O6. The van der Waals surface area contributed by atoms with Crippen LogP contribution in [0, 0.1) is 40.0 Å². The molecular weight excluding hydrogens is 418 g/mol. The number of ether oxygens (including phenoxy) is 1. The highest BCUT2D eigenvalue weighted by Crippen LogP contribution is 2.30. The summed E-state index contributed by atoms with van der Waals surface area (Å²) in [5.74, 6) is -0.646. The molecule has 0 bridgehead atoms. The van der Waals surface area contributed by atoms with Crippen LogP contribution in [0.25, 0.3) is 0 Å². The number of nitrogens with zero attached hydrogens (tertiary/aromatic N) is 4. The zero-order valence-corrected chi connectivity index (χ0v) is 17.6. The van der Waals surface area contributed by atoms with Gasteiger partial charge >= 0.3 is 5.82 Å². The summed E-state index contributed by atoms with van der Waals surface area (Å²) >= 11 is 0. The van der Waals surface area contributed by atoms with Crippen LogP contribution in [0.3, 0.4) is 0 Å².